The Morgan fingerprint density at radius 3 is 2.44 bits per heavy atom. The highest BCUT2D eigenvalue weighted by Crippen LogP contribution is 2.20. The molecule has 0 aromatic carbocycles. The molecule has 0 aliphatic heterocycles. The number of nitrogens with zero attached hydrogens (tertiary/aromatic N) is 4. The summed E-state index contributed by atoms with van der Waals surface area (Å²) in [5.41, 5.74) is 6.78. The second-order valence-electron chi connectivity index (χ2n) is 5.52. The van der Waals surface area contributed by atoms with Gasteiger partial charge in [-0.15, -0.1) is 0 Å². The maximum Gasteiger partial charge on any atom is 0.287 e. The Labute approximate surface area is 158 Å². The fraction of sp³-hybridized carbons (Fsp3) is 0.118. The van der Waals surface area contributed by atoms with Crippen molar-refractivity contribution in [2.45, 2.75) is 12.5 Å². The molecule has 0 aliphatic carbocycles. The maximum atomic E-state index is 12.7. The van der Waals surface area contributed by atoms with Crippen LogP contribution >= 0.6 is 11.7 Å². The molecule has 9 nitrogen and oxygen atoms in total. The van der Waals surface area contributed by atoms with Crippen molar-refractivity contribution in [2.24, 2.45) is 5.73 Å². The van der Waals surface area contributed by atoms with Gasteiger partial charge in [0.05, 0.1) is 11.7 Å². The number of amides is 2. The molecular formula is C17H14N6O3S. The van der Waals surface area contributed by atoms with E-state index < -0.39 is 23.6 Å². The number of pyridine rings is 2. The zero-order valence-corrected chi connectivity index (χ0v) is 14.7. The molecule has 0 spiro atoms. The van der Waals surface area contributed by atoms with E-state index in [-0.39, 0.29) is 12.1 Å². The number of rotatable bonds is 7. The highest BCUT2D eigenvalue weighted by atomic mass is 32.1. The van der Waals surface area contributed by atoms with Crippen molar-refractivity contribution >= 4 is 29.3 Å². The summed E-state index contributed by atoms with van der Waals surface area (Å²) in [6.45, 7) is 0. The van der Waals surface area contributed by atoms with Crippen molar-refractivity contribution in [1.82, 2.24) is 24.0 Å². The van der Waals surface area contributed by atoms with E-state index in [1.165, 1.54) is 0 Å². The molecule has 3 aromatic heterocycles. The van der Waals surface area contributed by atoms with Crippen molar-refractivity contribution in [3.8, 4) is 11.3 Å². The van der Waals surface area contributed by atoms with E-state index in [4.69, 9.17) is 5.73 Å². The van der Waals surface area contributed by atoms with Gasteiger partial charge >= 0.3 is 0 Å². The molecule has 3 aromatic rings. The van der Waals surface area contributed by atoms with Gasteiger partial charge in [-0.3, -0.25) is 24.4 Å². The molecule has 0 radical (unpaired) electrons. The predicted octanol–water partition coefficient (Wildman–Crippen LogP) is 0.391. The topological polar surface area (TPSA) is 141 Å². The van der Waals surface area contributed by atoms with E-state index in [1.807, 2.05) is 0 Å². The second-order valence-corrected chi connectivity index (χ2v) is 6.05. The number of hydrogen-bond donors (Lipinski definition) is 2. The lowest BCUT2D eigenvalue weighted by molar-refractivity contribution is -0.137. The van der Waals surface area contributed by atoms with Crippen LogP contribution in [0.4, 0.5) is 0 Å². The largest absolute Gasteiger partial charge is 0.363 e. The Hall–Kier alpha value is -3.53. The van der Waals surface area contributed by atoms with E-state index in [9.17, 15) is 14.4 Å². The number of nitrogens with one attached hydrogen (secondary N) is 1. The van der Waals surface area contributed by atoms with E-state index in [2.05, 4.69) is 24.0 Å². The number of Topliss-reactive ketones (excluding diaryl/α,β-unsaturated/α-hetero) is 1. The molecule has 27 heavy (non-hydrogen) atoms. The Bertz CT molecular complexity index is 961. The van der Waals surface area contributed by atoms with Crippen molar-refractivity contribution in [3.05, 3.63) is 60.3 Å². The minimum atomic E-state index is -1.14. The molecule has 0 aliphatic rings. The Morgan fingerprint density at radius 1 is 1.07 bits per heavy atom. The minimum Gasteiger partial charge on any atom is -0.363 e. The van der Waals surface area contributed by atoms with Gasteiger partial charge in [0.2, 0.25) is 5.78 Å². The number of hydrogen-bond acceptors (Lipinski definition) is 8. The quantitative estimate of drug-likeness (QED) is 0.563. The first-order valence-electron chi connectivity index (χ1n) is 7.82. The fourth-order valence-corrected chi connectivity index (χ4v) is 2.96. The maximum absolute atomic E-state index is 12.7. The molecule has 136 valence electrons. The average molecular weight is 382 g/mol. The van der Waals surface area contributed by atoms with Gasteiger partial charge in [-0.1, -0.05) is 6.07 Å². The summed E-state index contributed by atoms with van der Waals surface area (Å²) in [6.07, 6.45) is 6.34. The molecule has 1 atom stereocenters. The molecule has 3 heterocycles. The summed E-state index contributed by atoms with van der Waals surface area (Å²) in [5.74, 6) is -2.67. The highest BCUT2D eigenvalue weighted by Gasteiger charge is 2.28. The summed E-state index contributed by atoms with van der Waals surface area (Å²) in [5, 5.41) is 2.53. The lowest BCUT2D eigenvalue weighted by Gasteiger charge is -2.15. The lowest BCUT2D eigenvalue weighted by Crippen LogP contribution is -2.47. The zero-order chi connectivity index (χ0) is 19.2. The number of carbonyl (C=O) groups is 3. The molecule has 3 rings (SSSR count). The van der Waals surface area contributed by atoms with Gasteiger partial charge in [0.1, 0.15) is 11.7 Å². The van der Waals surface area contributed by atoms with Crippen molar-refractivity contribution in [3.63, 3.8) is 0 Å². The molecule has 3 N–H and O–H groups in total. The third-order valence-corrected chi connectivity index (χ3v) is 4.19. The Morgan fingerprint density at radius 2 is 1.81 bits per heavy atom. The van der Waals surface area contributed by atoms with Gasteiger partial charge in [-0.2, -0.15) is 8.75 Å². The molecule has 0 saturated carbocycles. The van der Waals surface area contributed by atoms with Crippen molar-refractivity contribution in [2.75, 3.05) is 0 Å². The summed E-state index contributed by atoms with van der Waals surface area (Å²) < 4.78 is 8.13. The van der Waals surface area contributed by atoms with E-state index in [1.54, 1.807) is 49.1 Å². The van der Waals surface area contributed by atoms with Crippen LogP contribution in [0.25, 0.3) is 11.3 Å². The monoisotopic (exact) mass is 382 g/mol. The SMILES string of the molecule is NC(=O)C(=O)C(Cc1cccnc1)NC(=O)c1nsnc1-c1cccnc1. The van der Waals surface area contributed by atoms with Crippen LogP contribution in [0, 0.1) is 0 Å². The van der Waals surface area contributed by atoms with Gasteiger partial charge < -0.3 is 11.1 Å². The third-order valence-electron chi connectivity index (χ3n) is 3.67. The van der Waals surface area contributed by atoms with Crippen LogP contribution in [0.1, 0.15) is 16.1 Å². The molecule has 0 bridgehead atoms. The molecule has 1 unspecified atom stereocenters. The van der Waals surface area contributed by atoms with Crippen LogP contribution in [0.5, 0.6) is 0 Å². The minimum absolute atomic E-state index is 0.0430. The normalized spacial score (nSPS) is 11.6. The summed E-state index contributed by atoms with van der Waals surface area (Å²) in [7, 11) is 0. The first kappa shape index (κ1) is 18.3. The smallest absolute Gasteiger partial charge is 0.287 e. The van der Waals surface area contributed by atoms with Gasteiger partial charge in [-0.05, 0) is 23.8 Å². The Kier molecular flexibility index (Phi) is 5.57. The Balaban J connectivity index is 1.84. The number of primary amides is 1. The van der Waals surface area contributed by atoms with Gasteiger partial charge in [0, 0.05) is 36.8 Å². The van der Waals surface area contributed by atoms with Crippen LogP contribution in [0.2, 0.25) is 0 Å². The van der Waals surface area contributed by atoms with Crippen LogP contribution in [0.3, 0.4) is 0 Å². The predicted molar refractivity (Wildman–Crippen MR) is 96.5 cm³/mol. The van der Waals surface area contributed by atoms with E-state index in [0.29, 0.717) is 16.8 Å². The summed E-state index contributed by atoms with van der Waals surface area (Å²) in [4.78, 5) is 44.1. The number of nitrogens with two attached hydrogens (primary N) is 1. The van der Waals surface area contributed by atoms with E-state index >= 15 is 0 Å². The molecular weight excluding hydrogens is 368 g/mol. The van der Waals surface area contributed by atoms with Crippen molar-refractivity contribution < 1.29 is 14.4 Å². The molecule has 0 fully saturated rings. The molecule has 10 heteroatoms. The van der Waals surface area contributed by atoms with Crippen molar-refractivity contribution in [1.29, 1.82) is 0 Å². The second kappa shape index (κ2) is 8.23. The van der Waals surface area contributed by atoms with Crippen LogP contribution in [0.15, 0.2) is 49.1 Å². The average Bonchev–Trinajstić information content (AvgIpc) is 3.18. The highest BCUT2D eigenvalue weighted by molar-refractivity contribution is 6.99. The van der Waals surface area contributed by atoms with Gasteiger partial charge in [-0.25, -0.2) is 0 Å². The van der Waals surface area contributed by atoms with Crippen LogP contribution in [-0.4, -0.2) is 42.4 Å². The van der Waals surface area contributed by atoms with Gasteiger partial charge in [0.25, 0.3) is 11.8 Å². The van der Waals surface area contributed by atoms with Crippen LogP contribution in [-0.2, 0) is 16.0 Å². The number of carbonyl (C=O) groups excluding carboxylic acids is 3. The molecule has 0 saturated heterocycles. The summed E-state index contributed by atoms with van der Waals surface area (Å²) >= 11 is 0.860. The zero-order valence-electron chi connectivity index (χ0n) is 13.9. The number of ketones is 1. The standard InChI is InChI=1S/C17H14N6O3S/c18-16(25)15(24)12(7-10-3-1-5-19-8-10)21-17(26)14-13(22-27-23-14)11-4-2-6-20-9-11/h1-6,8-9,12H,7H2,(H2,18,25)(H,21,26). The van der Waals surface area contributed by atoms with Gasteiger partial charge in [0.15, 0.2) is 5.69 Å². The van der Waals surface area contributed by atoms with E-state index in [0.717, 1.165) is 11.7 Å². The summed E-state index contributed by atoms with van der Waals surface area (Å²) in [6, 6.07) is 5.72. The first-order valence-corrected chi connectivity index (χ1v) is 8.55. The van der Waals surface area contributed by atoms with Crippen LogP contribution < -0.4 is 11.1 Å². The lowest BCUT2D eigenvalue weighted by atomic mass is 10.0. The third kappa shape index (κ3) is 4.36. The first-order chi connectivity index (χ1) is 13.1. The number of aromatic nitrogens is 4. The fourth-order valence-electron chi connectivity index (χ4n) is 2.39. The molecule has 2 amide bonds.